The summed E-state index contributed by atoms with van der Waals surface area (Å²) in [7, 11) is -0.597. The number of aromatic nitrogens is 1. The van der Waals surface area contributed by atoms with Crippen LogP contribution in [0.15, 0.2) is 23.1 Å². The first-order valence-electron chi connectivity index (χ1n) is 7.27. The second-order valence-corrected chi connectivity index (χ2v) is 7.18. The van der Waals surface area contributed by atoms with Crippen LogP contribution in [-0.2, 0) is 19.6 Å². The van der Waals surface area contributed by atoms with Crippen molar-refractivity contribution in [3.8, 4) is 0 Å². The molecular formula is C15H23BN2O4. The Kier molecular flexibility index (Phi) is 3.78. The van der Waals surface area contributed by atoms with Gasteiger partial charge in [-0.2, -0.15) is 0 Å². The van der Waals surface area contributed by atoms with Gasteiger partial charge in [-0.3, -0.25) is 9.59 Å². The van der Waals surface area contributed by atoms with E-state index < -0.39 is 29.8 Å². The summed E-state index contributed by atoms with van der Waals surface area (Å²) in [4.78, 5) is 23.7. The predicted molar refractivity (Wildman–Crippen MR) is 84.9 cm³/mol. The Balaban J connectivity index is 2.45. The van der Waals surface area contributed by atoms with Crippen LogP contribution in [0.25, 0.3) is 0 Å². The highest BCUT2D eigenvalue weighted by molar-refractivity contribution is 6.62. The standard InChI is InChI=1S/C15H23BN2O4/c1-13(2,12(17)20)18-9-10(7-8-11(18)19)16-21-14(3,4)15(5,6)22-16/h7-9H,1-6H3,(H2,17,20). The van der Waals surface area contributed by atoms with Crippen molar-refractivity contribution in [1.29, 1.82) is 0 Å². The average molecular weight is 306 g/mol. The van der Waals surface area contributed by atoms with E-state index in [-0.39, 0.29) is 5.56 Å². The Morgan fingerprint density at radius 1 is 1.18 bits per heavy atom. The summed E-state index contributed by atoms with van der Waals surface area (Å²) < 4.78 is 13.2. The molecule has 1 fully saturated rings. The van der Waals surface area contributed by atoms with Gasteiger partial charge in [-0.15, -0.1) is 0 Å². The summed E-state index contributed by atoms with van der Waals surface area (Å²) in [6.07, 6.45) is 1.58. The summed E-state index contributed by atoms with van der Waals surface area (Å²) in [5.41, 5.74) is 3.69. The second kappa shape index (κ2) is 4.96. The lowest BCUT2D eigenvalue weighted by molar-refractivity contribution is -0.125. The van der Waals surface area contributed by atoms with Crippen molar-refractivity contribution >= 4 is 18.5 Å². The van der Waals surface area contributed by atoms with Crippen LogP contribution in [0.5, 0.6) is 0 Å². The number of nitrogens with zero attached hydrogens (tertiary/aromatic N) is 1. The van der Waals surface area contributed by atoms with Crippen LogP contribution in [0.4, 0.5) is 0 Å². The number of hydrogen-bond acceptors (Lipinski definition) is 4. The van der Waals surface area contributed by atoms with Crippen molar-refractivity contribution in [3.05, 3.63) is 28.7 Å². The zero-order chi connectivity index (χ0) is 16.9. The molecule has 0 spiro atoms. The fourth-order valence-electron chi connectivity index (χ4n) is 2.18. The van der Waals surface area contributed by atoms with E-state index in [1.165, 1.54) is 10.6 Å². The highest BCUT2D eigenvalue weighted by atomic mass is 16.7. The van der Waals surface area contributed by atoms with E-state index in [1.54, 1.807) is 26.1 Å². The van der Waals surface area contributed by atoms with Crippen LogP contribution in [0.1, 0.15) is 41.5 Å². The van der Waals surface area contributed by atoms with E-state index in [1.807, 2.05) is 27.7 Å². The first-order chi connectivity index (χ1) is 9.88. The first kappa shape index (κ1) is 16.8. The quantitative estimate of drug-likeness (QED) is 0.818. The highest BCUT2D eigenvalue weighted by Crippen LogP contribution is 2.36. The second-order valence-electron chi connectivity index (χ2n) is 7.18. The Hall–Kier alpha value is -1.60. The van der Waals surface area contributed by atoms with Gasteiger partial charge in [-0.05, 0) is 47.0 Å². The summed E-state index contributed by atoms with van der Waals surface area (Å²) in [5.74, 6) is -0.583. The van der Waals surface area contributed by atoms with Gasteiger partial charge in [0.05, 0.1) is 11.2 Å². The number of primary amides is 1. The molecule has 6 nitrogen and oxygen atoms in total. The molecule has 0 aromatic carbocycles. The maximum Gasteiger partial charge on any atom is 0.496 e. The zero-order valence-corrected chi connectivity index (χ0v) is 14.0. The van der Waals surface area contributed by atoms with E-state index in [2.05, 4.69) is 0 Å². The molecule has 1 amide bonds. The van der Waals surface area contributed by atoms with Crippen molar-refractivity contribution in [2.45, 2.75) is 58.3 Å². The molecule has 7 heteroatoms. The van der Waals surface area contributed by atoms with Crippen molar-refractivity contribution in [2.75, 3.05) is 0 Å². The fraction of sp³-hybridized carbons (Fsp3) is 0.600. The minimum atomic E-state index is -1.13. The normalized spacial score (nSPS) is 20.2. The summed E-state index contributed by atoms with van der Waals surface area (Å²) in [6.45, 7) is 11.0. The molecule has 1 aromatic rings. The molecule has 0 saturated carbocycles. The monoisotopic (exact) mass is 306 g/mol. The molecule has 1 saturated heterocycles. The molecule has 1 aromatic heterocycles. The Labute approximate surface area is 130 Å². The molecular weight excluding hydrogens is 283 g/mol. The van der Waals surface area contributed by atoms with E-state index in [4.69, 9.17) is 15.0 Å². The molecule has 1 aliphatic rings. The Morgan fingerprint density at radius 3 is 2.14 bits per heavy atom. The average Bonchev–Trinajstić information content (AvgIpc) is 2.58. The van der Waals surface area contributed by atoms with Gasteiger partial charge in [0.1, 0.15) is 5.54 Å². The van der Waals surface area contributed by atoms with Gasteiger partial charge in [-0.1, -0.05) is 6.07 Å². The van der Waals surface area contributed by atoms with Crippen LogP contribution in [0, 0.1) is 0 Å². The van der Waals surface area contributed by atoms with Crippen molar-refractivity contribution in [3.63, 3.8) is 0 Å². The van der Waals surface area contributed by atoms with Gasteiger partial charge in [-0.25, -0.2) is 0 Å². The fourth-order valence-corrected chi connectivity index (χ4v) is 2.18. The van der Waals surface area contributed by atoms with E-state index >= 15 is 0 Å². The number of hydrogen-bond donors (Lipinski definition) is 1. The van der Waals surface area contributed by atoms with Gasteiger partial charge in [0.25, 0.3) is 5.56 Å². The SMILES string of the molecule is CC(C)(C(N)=O)n1cc(B2OC(C)(C)C(C)(C)O2)ccc1=O. The van der Waals surface area contributed by atoms with Crippen LogP contribution in [0.3, 0.4) is 0 Å². The third-order valence-electron chi connectivity index (χ3n) is 4.66. The van der Waals surface area contributed by atoms with Crippen molar-refractivity contribution in [2.24, 2.45) is 5.73 Å². The molecule has 2 heterocycles. The molecule has 22 heavy (non-hydrogen) atoms. The maximum atomic E-state index is 12.1. The highest BCUT2D eigenvalue weighted by Gasteiger charge is 2.52. The van der Waals surface area contributed by atoms with E-state index in [0.717, 1.165) is 0 Å². The molecule has 0 atom stereocenters. The van der Waals surface area contributed by atoms with E-state index in [0.29, 0.717) is 5.46 Å². The largest absolute Gasteiger partial charge is 0.496 e. The number of carbonyl (C=O) groups is 1. The van der Waals surface area contributed by atoms with Gasteiger partial charge in [0.15, 0.2) is 0 Å². The van der Waals surface area contributed by atoms with Gasteiger partial charge >= 0.3 is 7.12 Å². The minimum Gasteiger partial charge on any atom is -0.399 e. The molecule has 0 aliphatic carbocycles. The summed E-state index contributed by atoms with van der Waals surface area (Å²) in [5, 5.41) is 0. The molecule has 0 radical (unpaired) electrons. The smallest absolute Gasteiger partial charge is 0.399 e. The molecule has 0 bridgehead atoms. The molecule has 1 aliphatic heterocycles. The minimum absolute atomic E-state index is 0.302. The lowest BCUT2D eigenvalue weighted by Gasteiger charge is -2.32. The summed E-state index contributed by atoms with van der Waals surface area (Å²) in [6, 6.07) is 3.04. The molecule has 0 unspecified atom stereocenters. The van der Waals surface area contributed by atoms with Gasteiger partial charge in [0.2, 0.25) is 5.91 Å². The maximum absolute atomic E-state index is 12.1. The molecule has 120 valence electrons. The van der Waals surface area contributed by atoms with Crippen LogP contribution in [0.2, 0.25) is 0 Å². The van der Waals surface area contributed by atoms with Crippen LogP contribution in [-0.4, -0.2) is 28.8 Å². The lowest BCUT2D eigenvalue weighted by atomic mass is 9.80. The topological polar surface area (TPSA) is 83.6 Å². The number of amides is 1. The lowest BCUT2D eigenvalue weighted by Crippen LogP contribution is -2.48. The Bertz CT molecular complexity index is 648. The summed E-state index contributed by atoms with van der Waals surface area (Å²) >= 11 is 0. The third kappa shape index (κ3) is 2.59. The Morgan fingerprint density at radius 2 is 1.68 bits per heavy atom. The van der Waals surface area contributed by atoms with Gasteiger partial charge < -0.3 is 19.6 Å². The van der Waals surface area contributed by atoms with Crippen molar-refractivity contribution < 1.29 is 14.1 Å². The number of nitrogens with two attached hydrogens (primary N) is 1. The number of carbonyl (C=O) groups excluding carboxylic acids is 1. The first-order valence-corrected chi connectivity index (χ1v) is 7.27. The van der Waals surface area contributed by atoms with Crippen LogP contribution < -0.4 is 16.8 Å². The molecule has 2 rings (SSSR count). The number of pyridine rings is 1. The van der Waals surface area contributed by atoms with Crippen molar-refractivity contribution in [1.82, 2.24) is 4.57 Å². The van der Waals surface area contributed by atoms with E-state index in [9.17, 15) is 9.59 Å². The molecule has 2 N–H and O–H groups in total. The predicted octanol–water partition coefficient (Wildman–Crippen LogP) is 0.368. The zero-order valence-electron chi connectivity index (χ0n) is 14.0. The number of rotatable bonds is 3. The third-order valence-corrected chi connectivity index (χ3v) is 4.66. The van der Waals surface area contributed by atoms with Gasteiger partial charge in [0, 0.05) is 12.3 Å². The van der Waals surface area contributed by atoms with Crippen LogP contribution >= 0.6 is 0 Å².